The van der Waals surface area contributed by atoms with E-state index in [1.807, 2.05) is 0 Å². The molecule has 3 aliphatic rings. The van der Waals surface area contributed by atoms with Gasteiger partial charge >= 0.3 is 6.18 Å². The van der Waals surface area contributed by atoms with Gasteiger partial charge in [0.15, 0.2) is 0 Å². The molecule has 14 heavy (non-hydrogen) atoms. The lowest BCUT2D eigenvalue weighted by molar-refractivity contribution is -0.362. The number of nitrogens with zero attached hydrogens (tertiary/aromatic N) is 1. The van der Waals surface area contributed by atoms with Crippen molar-refractivity contribution in [2.45, 2.75) is 31.9 Å². The van der Waals surface area contributed by atoms with Crippen molar-refractivity contribution < 1.29 is 18.0 Å². The van der Waals surface area contributed by atoms with E-state index in [1.54, 1.807) is 0 Å². The van der Waals surface area contributed by atoms with Gasteiger partial charge in [-0.15, -0.1) is 0 Å². The first kappa shape index (κ1) is 9.50. The molecule has 0 aromatic heterocycles. The van der Waals surface area contributed by atoms with E-state index >= 15 is 0 Å². The number of ketones is 1. The van der Waals surface area contributed by atoms with Crippen LogP contribution in [0.3, 0.4) is 0 Å². The minimum Gasteiger partial charge on any atom is -0.283 e. The third-order valence-electron chi connectivity index (χ3n) is 3.40. The van der Waals surface area contributed by atoms with Crippen molar-refractivity contribution in [2.75, 3.05) is 0 Å². The molecule has 0 saturated heterocycles. The van der Waals surface area contributed by atoms with E-state index in [0.717, 1.165) is 0 Å². The van der Waals surface area contributed by atoms with Crippen LogP contribution < -0.4 is 0 Å². The molecule has 3 fully saturated rings. The molecular weight excluding hydrogens is 195 g/mol. The average molecular weight is 203 g/mol. The lowest BCUT2D eigenvalue weighted by atomic mass is 9.34. The van der Waals surface area contributed by atoms with E-state index in [1.165, 1.54) is 6.07 Å². The molecule has 0 atom stereocenters. The first-order valence-electron chi connectivity index (χ1n) is 4.32. The fraction of sp³-hybridized carbons (Fsp3) is 0.778. The van der Waals surface area contributed by atoms with Crippen LogP contribution >= 0.6 is 0 Å². The topological polar surface area (TPSA) is 40.9 Å². The van der Waals surface area contributed by atoms with Gasteiger partial charge in [-0.05, 0) is 24.7 Å². The highest BCUT2D eigenvalue weighted by atomic mass is 19.4. The highest BCUT2D eigenvalue weighted by Crippen LogP contribution is 2.79. The van der Waals surface area contributed by atoms with Crippen molar-refractivity contribution in [3.8, 4) is 6.07 Å². The van der Waals surface area contributed by atoms with Gasteiger partial charge in [-0.2, -0.15) is 18.4 Å². The van der Waals surface area contributed by atoms with Crippen molar-refractivity contribution in [2.24, 2.45) is 10.8 Å². The molecule has 0 unspecified atom stereocenters. The van der Waals surface area contributed by atoms with Crippen LogP contribution in [0.15, 0.2) is 0 Å². The molecule has 0 aromatic rings. The molecule has 76 valence electrons. The van der Waals surface area contributed by atoms with Crippen molar-refractivity contribution in [3.63, 3.8) is 0 Å². The summed E-state index contributed by atoms with van der Waals surface area (Å²) >= 11 is 0. The summed E-state index contributed by atoms with van der Waals surface area (Å²) in [4.78, 5) is 10.8. The Balaban J connectivity index is 1.96. The minimum absolute atomic E-state index is 0.00132. The number of hydrogen-bond donors (Lipinski definition) is 0. The number of hydrogen-bond acceptors (Lipinski definition) is 2. The lowest BCUT2D eigenvalue weighted by Crippen LogP contribution is -2.68. The summed E-state index contributed by atoms with van der Waals surface area (Å²) < 4.78 is 37.1. The van der Waals surface area contributed by atoms with Gasteiger partial charge in [0, 0.05) is 6.42 Å². The van der Waals surface area contributed by atoms with Crippen molar-refractivity contribution in [1.82, 2.24) is 0 Å². The summed E-state index contributed by atoms with van der Waals surface area (Å²) in [7, 11) is 0. The van der Waals surface area contributed by atoms with Gasteiger partial charge in [-0.1, -0.05) is 0 Å². The number of nitriles is 1. The van der Waals surface area contributed by atoms with Gasteiger partial charge in [0.1, 0.15) is 6.07 Å². The summed E-state index contributed by atoms with van der Waals surface area (Å²) in [6.45, 7) is 0. The van der Waals surface area contributed by atoms with E-state index in [2.05, 4.69) is 0 Å². The van der Waals surface area contributed by atoms with E-state index in [-0.39, 0.29) is 25.7 Å². The quantitative estimate of drug-likeness (QED) is 0.645. The van der Waals surface area contributed by atoms with Crippen LogP contribution in [0, 0.1) is 22.2 Å². The first-order chi connectivity index (χ1) is 6.33. The standard InChI is InChI=1S/C9H8F3NO/c10-9(11,12)8-3-7(4-8,5-8)1-6(14)2-13/h1,3-5H2. The van der Waals surface area contributed by atoms with Gasteiger partial charge in [0.2, 0.25) is 5.78 Å². The van der Waals surface area contributed by atoms with E-state index in [9.17, 15) is 18.0 Å². The average Bonchev–Trinajstić information content (AvgIpc) is 1.90. The molecule has 3 rings (SSSR count). The zero-order valence-corrected chi connectivity index (χ0v) is 7.32. The number of carbonyl (C=O) groups is 1. The molecule has 0 amide bonds. The predicted octanol–water partition coefficient (Wildman–Crippen LogP) is 2.20. The fourth-order valence-electron chi connectivity index (χ4n) is 2.87. The summed E-state index contributed by atoms with van der Waals surface area (Å²) in [5.41, 5.74) is -1.99. The van der Waals surface area contributed by atoms with Gasteiger partial charge in [-0.3, -0.25) is 4.79 Å². The van der Waals surface area contributed by atoms with Crippen LogP contribution in [-0.4, -0.2) is 12.0 Å². The second-order valence-electron chi connectivity index (χ2n) is 4.52. The second kappa shape index (κ2) is 2.30. The number of Topliss-reactive ketones (excluding diaryl/α,β-unsaturated/α-hetero) is 1. The normalized spacial score (nSPS) is 39.3. The number of rotatable bonds is 2. The zero-order valence-electron chi connectivity index (χ0n) is 7.32. The Bertz CT molecular complexity index is 319. The first-order valence-corrected chi connectivity index (χ1v) is 4.32. The second-order valence-corrected chi connectivity index (χ2v) is 4.52. The Hall–Kier alpha value is -1.05. The smallest absolute Gasteiger partial charge is 0.283 e. The lowest BCUT2D eigenvalue weighted by Gasteiger charge is -2.70. The molecule has 0 spiro atoms. The maximum atomic E-state index is 12.4. The monoisotopic (exact) mass is 203 g/mol. The Morgan fingerprint density at radius 2 is 1.86 bits per heavy atom. The fourth-order valence-corrected chi connectivity index (χ4v) is 2.87. The van der Waals surface area contributed by atoms with Crippen molar-refractivity contribution >= 4 is 5.78 Å². The molecule has 0 aromatic carbocycles. The van der Waals surface area contributed by atoms with Crippen LogP contribution in [0.1, 0.15) is 25.7 Å². The van der Waals surface area contributed by atoms with Crippen LogP contribution in [0.4, 0.5) is 13.2 Å². The van der Waals surface area contributed by atoms with Gasteiger partial charge in [0.25, 0.3) is 0 Å². The molecule has 3 aliphatic carbocycles. The van der Waals surface area contributed by atoms with E-state index in [4.69, 9.17) is 5.26 Å². The summed E-state index contributed by atoms with van der Waals surface area (Å²) in [6, 6.07) is 1.44. The van der Waals surface area contributed by atoms with Gasteiger partial charge in [0.05, 0.1) is 5.41 Å². The molecular formula is C9H8F3NO. The Labute approximate surface area is 78.7 Å². The molecule has 2 bridgehead atoms. The molecule has 2 nitrogen and oxygen atoms in total. The number of halogens is 3. The van der Waals surface area contributed by atoms with Crippen LogP contribution in [0.5, 0.6) is 0 Å². The molecule has 0 radical (unpaired) electrons. The SMILES string of the molecule is N#CC(=O)CC12CC(C(F)(F)F)(C1)C2. The van der Waals surface area contributed by atoms with Crippen LogP contribution in [-0.2, 0) is 4.79 Å². The maximum absolute atomic E-state index is 12.4. The summed E-state index contributed by atoms with van der Waals surface area (Å²) in [6.07, 6.45) is -4.02. The maximum Gasteiger partial charge on any atom is 0.394 e. The third kappa shape index (κ3) is 0.999. The third-order valence-corrected chi connectivity index (χ3v) is 3.40. The molecule has 5 heteroatoms. The minimum atomic E-state index is -4.13. The van der Waals surface area contributed by atoms with Crippen molar-refractivity contribution in [3.05, 3.63) is 0 Å². The molecule has 3 saturated carbocycles. The van der Waals surface area contributed by atoms with E-state index < -0.39 is 22.8 Å². The van der Waals surface area contributed by atoms with Crippen molar-refractivity contribution in [1.29, 1.82) is 5.26 Å². The largest absolute Gasteiger partial charge is 0.394 e. The Kier molecular flexibility index (Phi) is 1.56. The van der Waals surface area contributed by atoms with Crippen LogP contribution in [0.25, 0.3) is 0 Å². The highest BCUT2D eigenvalue weighted by Gasteiger charge is 2.78. The highest BCUT2D eigenvalue weighted by molar-refractivity contribution is 5.94. The Morgan fingerprint density at radius 3 is 2.21 bits per heavy atom. The van der Waals surface area contributed by atoms with Gasteiger partial charge < -0.3 is 0 Å². The number of carbonyl (C=O) groups excluding carboxylic acids is 1. The van der Waals surface area contributed by atoms with Gasteiger partial charge in [-0.25, -0.2) is 0 Å². The zero-order chi connectivity index (χ0) is 10.6. The van der Waals surface area contributed by atoms with Crippen LogP contribution in [0.2, 0.25) is 0 Å². The van der Waals surface area contributed by atoms with E-state index in [0.29, 0.717) is 0 Å². The Morgan fingerprint density at radius 1 is 1.36 bits per heavy atom. The summed E-state index contributed by atoms with van der Waals surface area (Å²) in [5, 5.41) is 8.24. The molecule has 0 N–H and O–H groups in total. The predicted molar refractivity (Wildman–Crippen MR) is 40.0 cm³/mol. The molecule has 0 aliphatic heterocycles. The molecule has 0 heterocycles. The summed E-state index contributed by atoms with van der Waals surface area (Å²) in [5.74, 6) is -0.597. The number of alkyl halides is 3.